The number of fused-ring (bicyclic) bond motifs is 6. The molecule has 2 aromatic heterocycles. The zero-order valence-electron chi connectivity index (χ0n) is 20.7. The summed E-state index contributed by atoms with van der Waals surface area (Å²) in [5.41, 5.74) is 5.58. The molecule has 184 valence electrons. The largest absolute Gasteiger partial charge is 0.438 e. The minimum absolute atomic E-state index is 0.131. The van der Waals surface area contributed by atoms with Gasteiger partial charge in [0.25, 0.3) is 0 Å². The van der Waals surface area contributed by atoms with Gasteiger partial charge in [-0.15, -0.1) is 5.10 Å². The van der Waals surface area contributed by atoms with Gasteiger partial charge in [-0.2, -0.15) is 0 Å². The van der Waals surface area contributed by atoms with Crippen LogP contribution in [0.5, 0.6) is 11.6 Å². The SMILES string of the molecule is C/C(=N/OCc1nc2c3c(ncn2n1)Oc1ccc2ccccc2c1C3c1ccccc1)c1ccccc1. The van der Waals surface area contributed by atoms with E-state index >= 15 is 0 Å². The van der Waals surface area contributed by atoms with Crippen molar-refractivity contribution in [3.05, 3.63) is 131 Å². The van der Waals surface area contributed by atoms with E-state index in [0.717, 1.165) is 44.5 Å². The van der Waals surface area contributed by atoms with E-state index in [1.807, 2.05) is 49.4 Å². The summed E-state index contributed by atoms with van der Waals surface area (Å²) < 4.78 is 8.07. The average Bonchev–Trinajstić information content (AvgIpc) is 3.40. The van der Waals surface area contributed by atoms with Crippen LogP contribution in [-0.4, -0.2) is 25.3 Å². The third-order valence-electron chi connectivity index (χ3n) is 6.87. The molecular formula is C31H23N5O2. The number of benzene rings is 4. The van der Waals surface area contributed by atoms with Crippen LogP contribution in [-0.2, 0) is 11.4 Å². The highest BCUT2D eigenvalue weighted by Gasteiger charge is 2.34. The summed E-state index contributed by atoms with van der Waals surface area (Å²) in [5.74, 6) is 1.72. The van der Waals surface area contributed by atoms with Crippen molar-refractivity contribution in [1.29, 1.82) is 0 Å². The predicted molar refractivity (Wildman–Crippen MR) is 146 cm³/mol. The Morgan fingerprint density at radius 2 is 1.66 bits per heavy atom. The maximum atomic E-state index is 6.37. The number of hydrogen-bond donors (Lipinski definition) is 0. The summed E-state index contributed by atoms with van der Waals surface area (Å²) in [5, 5.41) is 11.2. The van der Waals surface area contributed by atoms with Crippen LogP contribution in [0.15, 0.2) is 109 Å². The van der Waals surface area contributed by atoms with Gasteiger partial charge in [-0.25, -0.2) is 14.5 Å². The van der Waals surface area contributed by atoms with E-state index in [4.69, 9.17) is 14.6 Å². The average molecular weight is 498 g/mol. The highest BCUT2D eigenvalue weighted by molar-refractivity contribution is 5.98. The second kappa shape index (κ2) is 9.12. The van der Waals surface area contributed by atoms with Crippen LogP contribution in [0.4, 0.5) is 0 Å². The lowest BCUT2D eigenvalue weighted by atomic mass is 9.81. The predicted octanol–water partition coefficient (Wildman–Crippen LogP) is 6.50. The second-order valence-corrected chi connectivity index (χ2v) is 9.22. The first kappa shape index (κ1) is 22.2. The maximum Gasteiger partial charge on any atom is 0.228 e. The van der Waals surface area contributed by atoms with Crippen LogP contribution in [0.2, 0.25) is 0 Å². The summed E-state index contributed by atoms with van der Waals surface area (Å²) in [6.45, 7) is 2.05. The second-order valence-electron chi connectivity index (χ2n) is 9.22. The summed E-state index contributed by atoms with van der Waals surface area (Å²) in [7, 11) is 0. The monoisotopic (exact) mass is 497 g/mol. The molecule has 0 aliphatic carbocycles. The lowest BCUT2D eigenvalue weighted by Gasteiger charge is -2.29. The zero-order valence-corrected chi connectivity index (χ0v) is 20.7. The molecule has 0 radical (unpaired) electrons. The van der Waals surface area contributed by atoms with Gasteiger partial charge in [0.2, 0.25) is 5.88 Å². The minimum Gasteiger partial charge on any atom is -0.438 e. The van der Waals surface area contributed by atoms with Crippen molar-refractivity contribution in [3.8, 4) is 11.6 Å². The smallest absolute Gasteiger partial charge is 0.228 e. The summed E-state index contributed by atoms with van der Waals surface area (Å²) in [4.78, 5) is 15.1. The van der Waals surface area contributed by atoms with Gasteiger partial charge in [0.15, 0.2) is 18.1 Å². The fraction of sp³-hybridized carbons (Fsp3) is 0.0968. The molecule has 0 fully saturated rings. The molecule has 1 aliphatic rings. The molecule has 1 atom stereocenters. The van der Waals surface area contributed by atoms with Gasteiger partial charge in [0, 0.05) is 11.5 Å². The highest BCUT2D eigenvalue weighted by atomic mass is 16.6. The Morgan fingerprint density at radius 3 is 2.50 bits per heavy atom. The number of hydrogen-bond acceptors (Lipinski definition) is 6. The van der Waals surface area contributed by atoms with E-state index in [2.05, 4.69) is 69.8 Å². The van der Waals surface area contributed by atoms with Crippen molar-refractivity contribution < 1.29 is 9.57 Å². The summed E-state index contributed by atoms with van der Waals surface area (Å²) in [6, 6.07) is 32.8. The highest BCUT2D eigenvalue weighted by Crippen LogP contribution is 2.50. The molecule has 0 amide bonds. The Kier molecular flexibility index (Phi) is 5.32. The first-order chi connectivity index (χ1) is 18.8. The van der Waals surface area contributed by atoms with Crippen molar-refractivity contribution in [2.75, 3.05) is 0 Å². The van der Waals surface area contributed by atoms with Gasteiger partial charge in [-0.1, -0.05) is 96.2 Å². The van der Waals surface area contributed by atoms with Crippen LogP contribution in [0, 0.1) is 0 Å². The summed E-state index contributed by atoms with van der Waals surface area (Å²) >= 11 is 0. The van der Waals surface area contributed by atoms with Gasteiger partial charge < -0.3 is 9.57 Å². The van der Waals surface area contributed by atoms with E-state index in [1.54, 1.807) is 10.8 Å². The fourth-order valence-corrected chi connectivity index (χ4v) is 5.11. The van der Waals surface area contributed by atoms with Crippen LogP contribution < -0.4 is 4.74 Å². The Labute approximate surface area is 219 Å². The molecule has 0 bridgehead atoms. The number of rotatable bonds is 5. The summed E-state index contributed by atoms with van der Waals surface area (Å²) in [6.07, 6.45) is 1.64. The Balaban J connectivity index is 1.33. The molecule has 0 saturated heterocycles. The number of oxime groups is 1. The third kappa shape index (κ3) is 3.76. The van der Waals surface area contributed by atoms with Crippen LogP contribution in [0.25, 0.3) is 16.4 Å². The zero-order chi connectivity index (χ0) is 25.5. The van der Waals surface area contributed by atoms with Crippen LogP contribution in [0.3, 0.4) is 0 Å². The molecule has 1 aliphatic heterocycles. The molecule has 3 heterocycles. The number of nitrogens with zero attached hydrogens (tertiary/aromatic N) is 5. The third-order valence-corrected chi connectivity index (χ3v) is 6.87. The molecule has 0 spiro atoms. The molecule has 4 aromatic carbocycles. The standard InChI is InChI=1S/C31H23N5O2/c1-20(21-10-4-2-5-11-21)35-37-18-26-33-30-29-27(23-13-6-3-7-14-23)28-24-15-9-8-12-22(24)16-17-25(28)38-31(29)32-19-36(30)34-26/h2-17,19,27H,18H2,1H3/b35-20-. The molecule has 7 heteroatoms. The molecule has 7 nitrogen and oxygen atoms in total. The van der Waals surface area contributed by atoms with Crippen molar-refractivity contribution in [3.63, 3.8) is 0 Å². The molecule has 7 rings (SSSR count). The van der Waals surface area contributed by atoms with Gasteiger partial charge in [-0.3, -0.25) is 0 Å². The lowest BCUT2D eigenvalue weighted by molar-refractivity contribution is 0.125. The van der Waals surface area contributed by atoms with E-state index in [1.165, 1.54) is 0 Å². The molecule has 0 N–H and O–H groups in total. The van der Waals surface area contributed by atoms with E-state index in [-0.39, 0.29) is 12.5 Å². The van der Waals surface area contributed by atoms with Gasteiger partial charge in [0.05, 0.1) is 11.3 Å². The molecular weight excluding hydrogens is 474 g/mol. The Bertz CT molecular complexity index is 1810. The molecule has 1 unspecified atom stereocenters. The lowest BCUT2D eigenvalue weighted by Crippen LogP contribution is -2.15. The van der Waals surface area contributed by atoms with Crippen molar-refractivity contribution in [2.24, 2.45) is 5.16 Å². The van der Waals surface area contributed by atoms with Crippen molar-refractivity contribution in [2.45, 2.75) is 19.4 Å². The Hall–Kier alpha value is -5.04. The minimum atomic E-state index is -0.131. The number of aromatic nitrogens is 4. The maximum absolute atomic E-state index is 6.37. The topological polar surface area (TPSA) is 73.9 Å². The Morgan fingerprint density at radius 1 is 0.895 bits per heavy atom. The van der Waals surface area contributed by atoms with Crippen molar-refractivity contribution >= 4 is 22.1 Å². The molecule has 38 heavy (non-hydrogen) atoms. The van der Waals surface area contributed by atoms with E-state index in [9.17, 15) is 0 Å². The van der Waals surface area contributed by atoms with E-state index < -0.39 is 0 Å². The molecule has 6 aromatic rings. The van der Waals surface area contributed by atoms with Crippen molar-refractivity contribution in [1.82, 2.24) is 19.6 Å². The van der Waals surface area contributed by atoms with Gasteiger partial charge >= 0.3 is 0 Å². The normalized spacial score (nSPS) is 14.7. The number of ether oxygens (including phenoxy) is 1. The first-order valence-electron chi connectivity index (χ1n) is 12.5. The fourth-order valence-electron chi connectivity index (χ4n) is 5.11. The molecule has 0 saturated carbocycles. The van der Waals surface area contributed by atoms with Crippen LogP contribution >= 0.6 is 0 Å². The van der Waals surface area contributed by atoms with E-state index in [0.29, 0.717) is 17.4 Å². The first-order valence-corrected chi connectivity index (χ1v) is 12.5. The van der Waals surface area contributed by atoms with Gasteiger partial charge in [0.1, 0.15) is 12.1 Å². The van der Waals surface area contributed by atoms with Crippen LogP contribution in [0.1, 0.15) is 40.9 Å². The quantitative estimate of drug-likeness (QED) is 0.200. The van der Waals surface area contributed by atoms with Gasteiger partial charge in [-0.05, 0) is 34.9 Å².